The number of halogens is 1. The third kappa shape index (κ3) is 5.50. The highest BCUT2D eigenvalue weighted by atomic mass is 19.1. The first-order chi connectivity index (χ1) is 9.88. The standard InChI is InChI=1S/C17H24FN3/c1-6-7-15(13(2)10-11-19-5)21-16-9-8-14(12-20-16)17(3,4)18/h7-12H,6H2,1-5H3,(H,20,21)/b13-10-,15-7-,19-11?. The van der Waals surface area contributed by atoms with Crippen molar-refractivity contribution < 1.29 is 4.39 Å². The number of anilines is 1. The molecule has 1 aromatic rings. The molecule has 1 N–H and O–H groups in total. The van der Waals surface area contributed by atoms with Crippen molar-refractivity contribution in [2.45, 2.75) is 39.8 Å². The first-order valence-corrected chi connectivity index (χ1v) is 7.10. The maximum absolute atomic E-state index is 13.8. The zero-order valence-corrected chi connectivity index (χ0v) is 13.4. The second kappa shape index (κ2) is 7.72. The molecule has 0 aliphatic carbocycles. The fourth-order valence-electron chi connectivity index (χ4n) is 1.75. The Morgan fingerprint density at radius 2 is 2.14 bits per heavy atom. The second-order valence-electron chi connectivity index (χ2n) is 5.31. The van der Waals surface area contributed by atoms with Crippen molar-refractivity contribution in [3.63, 3.8) is 0 Å². The van der Waals surface area contributed by atoms with Gasteiger partial charge >= 0.3 is 0 Å². The van der Waals surface area contributed by atoms with Crippen LogP contribution >= 0.6 is 0 Å². The molecule has 0 amide bonds. The fourth-order valence-corrected chi connectivity index (χ4v) is 1.75. The van der Waals surface area contributed by atoms with Gasteiger partial charge in [0.2, 0.25) is 0 Å². The number of aromatic nitrogens is 1. The first-order valence-electron chi connectivity index (χ1n) is 7.10. The Labute approximate surface area is 126 Å². The maximum Gasteiger partial charge on any atom is 0.131 e. The van der Waals surface area contributed by atoms with Gasteiger partial charge in [-0.05, 0) is 44.9 Å². The van der Waals surface area contributed by atoms with Gasteiger partial charge in [0, 0.05) is 30.7 Å². The van der Waals surface area contributed by atoms with Crippen molar-refractivity contribution in [1.29, 1.82) is 0 Å². The van der Waals surface area contributed by atoms with Gasteiger partial charge in [0.05, 0.1) is 0 Å². The lowest BCUT2D eigenvalue weighted by molar-refractivity contribution is 0.221. The summed E-state index contributed by atoms with van der Waals surface area (Å²) in [6.45, 7) is 7.13. The minimum absolute atomic E-state index is 0.569. The molecule has 0 aromatic carbocycles. The van der Waals surface area contributed by atoms with E-state index in [1.807, 2.05) is 13.0 Å². The highest BCUT2D eigenvalue weighted by molar-refractivity contribution is 5.73. The van der Waals surface area contributed by atoms with Crippen LogP contribution < -0.4 is 5.32 Å². The number of pyridine rings is 1. The summed E-state index contributed by atoms with van der Waals surface area (Å²) in [5.74, 6) is 0.698. The topological polar surface area (TPSA) is 37.3 Å². The molecule has 114 valence electrons. The van der Waals surface area contributed by atoms with Crippen LogP contribution in [0, 0.1) is 0 Å². The van der Waals surface area contributed by atoms with Crippen molar-refractivity contribution >= 4 is 12.0 Å². The first kappa shape index (κ1) is 17.1. The molecule has 0 spiro atoms. The van der Waals surface area contributed by atoms with E-state index in [0.717, 1.165) is 17.7 Å². The smallest absolute Gasteiger partial charge is 0.131 e. The van der Waals surface area contributed by atoms with Gasteiger partial charge in [-0.25, -0.2) is 9.37 Å². The number of nitrogens with one attached hydrogen (secondary N) is 1. The van der Waals surface area contributed by atoms with E-state index in [2.05, 4.69) is 28.3 Å². The van der Waals surface area contributed by atoms with Crippen molar-refractivity contribution in [1.82, 2.24) is 4.98 Å². The molecular weight excluding hydrogens is 265 g/mol. The Hall–Kier alpha value is -1.97. The number of nitrogens with zero attached hydrogens (tertiary/aromatic N) is 2. The van der Waals surface area contributed by atoms with E-state index < -0.39 is 5.67 Å². The van der Waals surface area contributed by atoms with Gasteiger partial charge in [0.15, 0.2) is 0 Å². The van der Waals surface area contributed by atoms with Crippen LogP contribution in [0.2, 0.25) is 0 Å². The summed E-state index contributed by atoms with van der Waals surface area (Å²) in [6, 6.07) is 3.55. The van der Waals surface area contributed by atoms with Gasteiger partial charge < -0.3 is 5.32 Å². The molecule has 0 aliphatic heterocycles. The molecule has 0 saturated carbocycles. The summed E-state index contributed by atoms with van der Waals surface area (Å²) in [5, 5.41) is 3.26. The van der Waals surface area contributed by atoms with Gasteiger partial charge in [-0.2, -0.15) is 0 Å². The highest BCUT2D eigenvalue weighted by Crippen LogP contribution is 2.24. The van der Waals surface area contributed by atoms with Gasteiger partial charge in [0.25, 0.3) is 0 Å². The van der Waals surface area contributed by atoms with Crippen molar-refractivity contribution in [3.05, 3.63) is 47.3 Å². The SMILES string of the molecule is CC/C=C(Nc1ccc(C(C)(C)F)cn1)/C(C)=C\C=NC. The summed E-state index contributed by atoms with van der Waals surface area (Å²) in [6.07, 6.45) is 8.25. The van der Waals surface area contributed by atoms with E-state index in [9.17, 15) is 4.39 Å². The molecule has 0 unspecified atom stereocenters. The van der Waals surface area contributed by atoms with Crippen LogP contribution in [-0.4, -0.2) is 18.2 Å². The third-order valence-corrected chi connectivity index (χ3v) is 3.02. The van der Waals surface area contributed by atoms with Crippen LogP contribution in [0.15, 0.2) is 46.7 Å². The number of rotatable bonds is 6. The van der Waals surface area contributed by atoms with E-state index in [1.54, 1.807) is 31.6 Å². The van der Waals surface area contributed by atoms with Gasteiger partial charge in [-0.3, -0.25) is 4.99 Å². The quantitative estimate of drug-likeness (QED) is 0.612. The van der Waals surface area contributed by atoms with Crippen molar-refractivity contribution in [2.75, 3.05) is 12.4 Å². The van der Waals surface area contributed by atoms with E-state index in [4.69, 9.17) is 0 Å². The predicted molar refractivity (Wildman–Crippen MR) is 88.5 cm³/mol. The molecule has 1 rings (SSSR count). The van der Waals surface area contributed by atoms with E-state index in [0.29, 0.717) is 11.4 Å². The van der Waals surface area contributed by atoms with Crippen LogP contribution in [0.5, 0.6) is 0 Å². The van der Waals surface area contributed by atoms with E-state index >= 15 is 0 Å². The summed E-state index contributed by atoms with van der Waals surface area (Å²) >= 11 is 0. The van der Waals surface area contributed by atoms with Crippen LogP contribution in [0.25, 0.3) is 0 Å². The monoisotopic (exact) mass is 289 g/mol. The largest absolute Gasteiger partial charge is 0.340 e. The summed E-state index contributed by atoms with van der Waals surface area (Å²) in [7, 11) is 1.74. The maximum atomic E-state index is 13.8. The lowest BCUT2D eigenvalue weighted by atomic mass is 10.0. The van der Waals surface area contributed by atoms with Gasteiger partial charge in [-0.1, -0.05) is 19.1 Å². The highest BCUT2D eigenvalue weighted by Gasteiger charge is 2.18. The Morgan fingerprint density at radius 1 is 1.43 bits per heavy atom. The molecule has 0 radical (unpaired) electrons. The number of hydrogen-bond acceptors (Lipinski definition) is 3. The van der Waals surface area contributed by atoms with Crippen LogP contribution in [0.1, 0.15) is 39.7 Å². The van der Waals surface area contributed by atoms with Gasteiger partial charge in [-0.15, -0.1) is 0 Å². The van der Waals surface area contributed by atoms with Crippen LogP contribution in [0.3, 0.4) is 0 Å². The Morgan fingerprint density at radius 3 is 2.62 bits per heavy atom. The van der Waals surface area contributed by atoms with Crippen LogP contribution in [-0.2, 0) is 5.67 Å². The molecule has 0 bridgehead atoms. The molecule has 0 fully saturated rings. The zero-order valence-electron chi connectivity index (χ0n) is 13.4. The molecule has 0 saturated heterocycles. The molecule has 0 atom stereocenters. The number of allylic oxidation sites excluding steroid dienone is 3. The molecule has 4 heteroatoms. The Kier molecular flexibility index (Phi) is 6.28. The predicted octanol–water partition coefficient (Wildman–Crippen LogP) is 4.64. The normalized spacial score (nSPS) is 13.8. The van der Waals surface area contributed by atoms with E-state index in [-0.39, 0.29) is 0 Å². The summed E-state index contributed by atoms with van der Waals surface area (Å²) < 4.78 is 13.8. The lowest BCUT2D eigenvalue weighted by Gasteiger charge is -2.15. The Bertz CT molecular complexity index is 534. The molecule has 21 heavy (non-hydrogen) atoms. The number of alkyl halides is 1. The average Bonchev–Trinajstić information content (AvgIpc) is 2.44. The van der Waals surface area contributed by atoms with Gasteiger partial charge in [0.1, 0.15) is 11.5 Å². The Balaban J connectivity index is 2.93. The second-order valence-corrected chi connectivity index (χ2v) is 5.31. The molecular formula is C17H24FN3. The fraction of sp³-hybridized carbons (Fsp3) is 0.412. The lowest BCUT2D eigenvalue weighted by Crippen LogP contribution is -2.10. The number of hydrogen-bond donors (Lipinski definition) is 1. The third-order valence-electron chi connectivity index (χ3n) is 3.02. The summed E-state index contributed by atoms with van der Waals surface area (Å²) in [5.41, 5.74) is 1.25. The molecule has 0 aliphatic rings. The minimum Gasteiger partial charge on any atom is -0.340 e. The van der Waals surface area contributed by atoms with E-state index in [1.165, 1.54) is 13.8 Å². The van der Waals surface area contributed by atoms with Crippen molar-refractivity contribution in [3.8, 4) is 0 Å². The molecule has 1 aromatic heterocycles. The molecule has 3 nitrogen and oxygen atoms in total. The average molecular weight is 289 g/mol. The molecule has 1 heterocycles. The van der Waals surface area contributed by atoms with Crippen LogP contribution in [0.4, 0.5) is 10.2 Å². The minimum atomic E-state index is -1.37. The summed E-state index contributed by atoms with van der Waals surface area (Å²) in [4.78, 5) is 8.23. The number of aliphatic imine (C=N–C) groups is 1. The van der Waals surface area contributed by atoms with Crippen molar-refractivity contribution in [2.24, 2.45) is 4.99 Å². The zero-order chi connectivity index (χ0) is 15.9.